The molecule has 0 aliphatic carbocycles. The minimum Gasteiger partial charge on any atom is -0.455 e. The van der Waals surface area contributed by atoms with Gasteiger partial charge in [0.25, 0.3) is 0 Å². The fourth-order valence-electron chi connectivity index (χ4n) is 2.62. The quantitative estimate of drug-likeness (QED) is 0.527. The summed E-state index contributed by atoms with van der Waals surface area (Å²) in [6, 6.07) is 14.2. The molecule has 0 bridgehead atoms. The highest BCUT2D eigenvalue weighted by Gasteiger charge is 2.31. The first kappa shape index (κ1) is 15.8. The second-order valence-corrected chi connectivity index (χ2v) is 6.83. The molecule has 1 aromatic heterocycles. The Morgan fingerprint density at radius 2 is 2.04 bits per heavy atom. The Bertz CT molecular complexity index is 933. The number of ether oxygens (including phenoxy) is 1. The van der Waals surface area contributed by atoms with Crippen LogP contribution in [0.5, 0.6) is 0 Å². The van der Waals surface area contributed by atoms with Gasteiger partial charge in [0.05, 0.1) is 23.3 Å². The van der Waals surface area contributed by atoms with E-state index in [1.165, 1.54) is 29.5 Å². The van der Waals surface area contributed by atoms with Crippen LogP contribution in [0.25, 0.3) is 16.3 Å². The lowest BCUT2D eigenvalue weighted by Crippen LogP contribution is -2.52. The summed E-state index contributed by atoms with van der Waals surface area (Å²) in [5.41, 5.74) is 1.74. The van der Waals surface area contributed by atoms with Crippen molar-refractivity contribution in [1.29, 1.82) is 0 Å². The Labute approximate surface area is 148 Å². The molecule has 0 spiro atoms. The Hall–Kier alpha value is -2.73. The lowest BCUT2D eigenvalue weighted by molar-refractivity contribution is -0.143. The molecule has 126 valence electrons. The van der Waals surface area contributed by atoms with Crippen molar-refractivity contribution in [2.75, 3.05) is 18.0 Å². The molecule has 25 heavy (non-hydrogen) atoms. The summed E-state index contributed by atoms with van der Waals surface area (Å²) in [5.74, 6) is -0.608. The average Bonchev–Trinajstić information content (AvgIpc) is 2.99. The topological polar surface area (TPSA) is 42.4 Å². The molecule has 0 amide bonds. The van der Waals surface area contributed by atoms with Crippen molar-refractivity contribution in [3.8, 4) is 0 Å². The molecule has 1 fully saturated rings. The SMILES string of the molecule is O=C(/C=C/c1ccccc1)OC1CN(c2nc3ccc(F)cc3s2)C1. The number of nitrogens with zero attached hydrogens (tertiary/aromatic N) is 2. The zero-order valence-corrected chi connectivity index (χ0v) is 14.1. The van der Waals surface area contributed by atoms with Crippen LogP contribution >= 0.6 is 11.3 Å². The molecular formula is C19H15FN2O2S. The van der Waals surface area contributed by atoms with Gasteiger partial charge in [0, 0.05) is 6.08 Å². The number of halogens is 1. The molecular weight excluding hydrogens is 339 g/mol. The molecule has 4 nitrogen and oxygen atoms in total. The number of fused-ring (bicyclic) bond motifs is 1. The van der Waals surface area contributed by atoms with E-state index in [0.29, 0.717) is 13.1 Å². The molecule has 0 atom stereocenters. The molecule has 2 aromatic carbocycles. The smallest absolute Gasteiger partial charge is 0.331 e. The zero-order chi connectivity index (χ0) is 17.2. The Morgan fingerprint density at radius 3 is 2.84 bits per heavy atom. The van der Waals surface area contributed by atoms with Gasteiger partial charge < -0.3 is 9.64 Å². The maximum Gasteiger partial charge on any atom is 0.331 e. The highest BCUT2D eigenvalue weighted by molar-refractivity contribution is 7.22. The van der Waals surface area contributed by atoms with Gasteiger partial charge in [-0.25, -0.2) is 14.2 Å². The minimum atomic E-state index is -0.347. The van der Waals surface area contributed by atoms with Crippen LogP contribution in [-0.4, -0.2) is 30.1 Å². The van der Waals surface area contributed by atoms with Gasteiger partial charge >= 0.3 is 5.97 Å². The molecule has 1 aliphatic heterocycles. The predicted molar refractivity (Wildman–Crippen MR) is 97.1 cm³/mol. The lowest BCUT2D eigenvalue weighted by Gasteiger charge is -2.37. The number of carbonyl (C=O) groups is 1. The fourth-order valence-corrected chi connectivity index (χ4v) is 3.63. The van der Waals surface area contributed by atoms with Crippen LogP contribution in [0.1, 0.15) is 5.56 Å². The van der Waals surface area contributed by atoms with E-state index in [9.17, 15) is 9.18 Å². The normalized spacial score (nSPS) is 14.8. The fraction of sp³-hybridized carbons (Fsp3) is 0.158. The molecule has 1 aliphatic rings. The molecule has 0 unspecified atom stereocenters. The van der Waals surface area contributed by atoms with E-state index in [1.807, 2.05) is 35.2 Å². The first-order valence-corrected chi connectivity index (χ1v) is 8.74. The highest BCUT2D eigenvalue weighted by Crippen LogP contribution is 2.32. The van der Waals surface area contributed by atoms with Crippen molar-refractivity contribution in [3.63, 3.8) is 0 Å². The van der Waals surface area contributed by atoms with Gasteiger partial charge in [0.1, 0.15) is 11.9 Å². The van der Waals surface area contributed by atoms with E-state index in [1.54, 1.807) is 12.1 Å². The van der Waals surface area contributed by atoms with E-state index in [-0.39, 0.29) is 17.9 Å². The first-order chi connectivity index (χ1) is 12.2. The number of benzene rings is 2. The summed E-state index contributed by atoms with van der Waals surface area (Å²) >= 11 is 1.44. The first-order valence-electron chi connectivity index (χ1n) is 7.92. The third-order valence-corrected chi connectivity index (χ3v) is 5.03. The Balaban J connectivity index is 1.32. The number of esters is 1. The summed E-state index contributed by atoms with van der Waals surface area (Å²) in [6.45, 7) is 1.21. The van der Waals surface area contributed by atoms with Crippen LogP contribution in [0.15, 0.2) is 54.6 Å². The average molecular weight is 354 g/mol. The van der Waals surface area contributed by atoms with Crippen molar-refractivity contribution in [1.82, 2.24) is 4.98 Å². The maximum absolute atomic E-state index is 13.2. The van der Waals surface area contributed by atoms with Crippen LogP contribution in [0.2, 0.25) is 0 Å². The third-order valence-electron chi connectivity index (χ3n) is 3.95. The largest absolute Gasteiger partial charge is 0.455 e. The van der Waals surface area contributed by atoms with Gasteiger partial charge in [-0.05, 0) is 29.8 Å². The van der Waals surface area contributed by atoms with Crippen LogP contribution in [0.4, 0.5) is 9.52 Å². The number of anilines is 1. The third kappa shape index (κ3) is 3.53. The number of hydrogen-bond donors (Lipinski definition) is 0. The van der Waals surface area contributed by atoms with Crippen molar-refractivity contribution >= 4 is 38.7 Å². The van der Waals surface area contributed by atoms with Crippen LogP contribution in [0, 0.1) is 5.82 Å². The van der Waals surface area contributed by atoms with E-state index in [2.05, 4.69) is 4.98 Å². The molecule has 3 aromatic rings. The van der Waals surface area contributed by atoms with E-state index in [0.717, 1.165) is 20.9 Å². The summed E-state index contributed by atoms with van der Waals surface area (Å²) in [7, 11) is 0. The van der Waals surface area contributed by atoms with Gasteiger partial charge in [-0.1, -0.05) is 41.7 Å². The molecule has 0 N–H and O–H groups in total. The predicted octanol–water partition coefficient (Wildman–Crippen LogP) is 3.88. The second kappa shape index (κ2) is 6.64. The number of aromatic nitrogens is 1. The molecule has 4 rings (SSSR count). The summed E-state index contributed by atoms with van der Waals surface area (Å²) < 4.78 is 19.5. The number of thiazole rings is 1. The van der Waals surface area contributed by atoms with Gasteiger partial charge in [-0.3, -0.25) is 0 Å². The van der Waals surface area contributed by atoms with Crippen molar-refractivity contribution in [2.45, 2.75) is 6.10 Å². The number of hydrogen-bond acceptors (Lipinski definition) is 5. The summed E-state index contributed by atoms with van der Waals surface area (Å²) in [5, 5.41) is 0.827. The van der Waals surface area contributed by atoms with E-state index < -0.39 is 0 Å². The standard InChI is InChI=1S/C19H15FN2O2S/c20-14-7-8-16-17(10-14)25-19(21-16)22-11-15(12-22)24-18(23)9-6-13-4-2-1-3-5-13/h1-10,15H,11-12H2/b9-6+. The van der Waals surface area contributed by atoms with E-state index >= 15 is 0 Å². The monoisotopic (exact) mass is 354 g/mol. The maximum atomic E-state index is 13.2. The van der Waals surface area contributed by atoms with Crippen LogP contribution < -0.4 is 4.90 Å². The molecule has 2 heterocycles. The second-order valence-electron chi connectivity index (χ2n) is 5.82. The number of rotatable bonds is 4. The lowest BCUT2D eigenvalue weighted by atomic mass is 10.2. The van der Waals surface area contributed by atoms with Crippen molar-refractivity contribution < 1.29 is 13.9 Å². The van der Waals surface area contributed by atoms with Gasteiger partial charge in [-0.15, -0.1) is 0 Å². The van der Waals surface area contributed by atoms with Gasteiger partial charge in [0.2, 0.25) is 0 Å². The minimum absolute atomic E-state index is 0.142. The summed E-state index contributed by atoms with van der Waals surface area (Å²) in [4.78, 5) is 18.4. The van der Waals surface area contributed by atoms with Crippen molar-refractivity contribution in [3.05, 3.63) is 66.0 Å². The van der Waals surface area contributed by atoms with E-state index in [4.69, 9.17) is 4.74 Å². The molecule has 0 radical (unpaired) electrons. The highest BCUT2D eigenvalue weighted by atomic mass is 32.1. The Morgan fingerprint density at radius 1 is 1.24 bits per heavy atom. The van der Waals surface area contributed by atoms with Crippen LogP contribution in [-0.2, 0) is 9.53 Å². The van der Waals surface area contributed by atoms with Crippen LogP contribution in [0.3, 0.4) is 0 Å². The summed E-state index contributed by atoms with van der Waals surface area (Å²) in [6.07, 6.45) is 3.04. The molecule has 1 saturated heterocycles. The van der Waals surface area contributed by atoms with Gasteiger partial charge in [0.15, 0.2) is 5.13 Å². The zero-order valence-electron chi connectivity index (χ0n) is 13.3. The van der Waals surface area contributed by atoms with Crippen molar-refractivity contribution in [2.24, 2.45) is 0 Å². The number of carbonyl (C=O) groups excluding carboxylic acids is 1. The Kier molecular flexibility index (Phi) is 4.19. The molecule has 6 heteroatoms. The molecule has 0 saturated carbocycles. The van der Waals surface area contributed by atoms with Gasteiger partial charge in [-0.2, -0.15) is 0 Å².